The maximum atomic E-state index is 13.9. The molecular weight excluding hydrogens is 564 g/mol. The molecule has 4 amide bonds. The third-order valence-electron chi connectivity index (χ3n) is 7.64. The van der Waals surface area contributed by atoms with Crippen LogP contribution in [0.1, 0.15) is 36.1 Å². The zero-order valence-electron chi connectivity index (χ0n) is 25.2. The minimum atomic E-state index is -1.61. The molecule has 0 saturated carbocycles. The van der Waals surface area contributed by atoms with Gasteiger partial charge in [-0.25, -0.2) is 4.79 Å². The highest BCUT2D eigenvalue weighted by molar-refractivity contribution is 8.00. The predicted octanol–water partition coefficient (Wildman–Crippen LogP) is 4.40. The predicted molar refractivity (Wildman–Crippen MR) is 170 cm³/mol. The Balaban J connectivity index is 1.53. The number of aryl methyl sites for hydroxylation is 2. The first kappa shape index (κ1) is 31.9. The first-order valence-electron chi connectivity index (χ1n) is 14.2. The van der Waals surface area contributed by atoms with Gasteiger partial charge in [0, 0.05) is 11.3 Å². The van der Waals surface area contributed by atoms with Gasteiger partial charge in [-0.2, -0.15) is 0 Å². The number of hydrogen-bond donors (Lipinski definition) is 4. The van der Waals surface area contributed by atoms with Crippen LogP contribution in [0.5, 0.6) is 5.75 Å². The lowest BCUT2D eigenvalue weighted by atomic mass is 9.97. The molecule has 0 bridgehead atoms. The van der Waals surface area contributed by atoms with Gasteiger partial charge >= 0.3 is 6.03 Å². The van der Waals surface area contributed by atoms with E-state index >= 15 is 0 Å². The number of aliphatic hydroxyl groups is 1. The zero-order chi connectivity index (χ0) is 31.1. The summed E-state index contributed by atoms with van der Waals surface area (Å²) in [5.74, 6) is -0.206. The summed E-state index contributed by atoms with van der Waals surface area (Å²) in [6, 6.07) is 20.1. The average molecular weight is 605 g/mol. The molecule has 0 aliphatic carbocycles. The van der Waals surface area contributed by atoms with Crippen LogP contribution < -0.4 is 20.7 Å². The number of carbonyl (C=O) groups is 3. The molecule has 1 saturated heterocycles. The summed E-state index contributed by atoms with van der Waals surface area (Å²) in [7, 11) is 1.51. The van der Waals surface area contributed by atoms with Crippen molar-refractivity contribution >= 4 is 35.3 Å². The van der Waals surface area contributed by atoms with Gasteiger partial charge in [-0.15, -0.1) is 11.8 Å². The van der Waals surface area contributed by atoms with E-state index in [9.17, 15) is 19.5 Å². The molecule has 1 fully saturated rings. The largest absolute Gasteiger partial charge is 0.495 e. The van der Waals surface area contributed by atoms with Crippen molar-refractivity contribution in [2.45, 2.75) is 63.6 Å². The molecule has 228 valence electrons. The molecule has 0 unspecified atom stereocenters. The maximum absolute atomic E-state index is 13.9. The summed E-state index contributed by atoms with van der Waals surface area (Å²) in [6.07, 6.45) is -1.41. The van der Waals surface area contributed by atoms with Gasteiger partial charge in [-0.3, -0.25) is 9.59 Å². The van der Waals surface area contributed by atoms with Crippen molar-refractivity contribution in [1.82, 2.24) is 15.5 Å². The Kier molecular flexibility index (Phi) is 10.4. The number of anilines is 1. The second-order valence-corrected chi connectivity index (χ2v) is 12.9. The molecule has 9 nitrogen and oxygen atoms in total. The zero-order valence-corrected chi connectivity index (χ0v) is 26.0. The Hall–Kier alpha value is -4.02. The van der Waals surface area contributed by atoms with Gasteiger partial charge in [0.15, 0.2) is 6.10 Å². The van der Waals surface area contributed by atoms with Gasteiger partial charge in [-0.1, -0.05) is 60.7 Å². The highest BCUT2D eigenvalue weighted by Gasteiger charge is 2.49. The first-order valence-corrected chi connectivity index (χ1v) is 15.2. The van der Waals surface area contributed by atoms with Crippen molar-refractivity contribution in [3.8, 4) is 5.75 Å². The number of aliphatic hydroxyl groups excluding tert-OH is 1. The molecule has 1 aliphatic heterocycles. The van der Waals surface area contributed by atoms with Crippen LogP contribution in [0.2, 0.25) is 0 Å². The second-order valence-electron chi connectivity index (χ2n) is 11.3. The molecule has 43 heavy (non-hydrogen) atoms. The van der Waals surface area contributed by atoms with E-state index in [1.54, 1.807) is 12.1 Å². The number of hydrogen-bond acceptors (Lipinski definition) is 6. The molecule has 1 aliphatic rings. The summed E-state index contributed by atoms with van der Waals surface area (Å²) >= 11 is 1.47. The van der Waals surface area contributed by atoms with E-state index in [2.05, 4.69) is 16.0 Å². The van der Waals surface area contributed by atoms with E-state index in [-0.39, 0.29) is 18.2 Å². The fourth-order valence-electron chi connectivity index (χ4n) is 5.20. The van der Waals surface area contributed by atoms with Crippen LogP contribution in [0.3, 0.4) is 0 Å². The number of thioether (sulfide) groups is 1. The van der Waals surface area contributed by atoms with Gasteiger partial charge in [0.1, 0.15) is 11.8 Å². The van der Waals surface area contributed by atoms with Crippen LogP contribution in [0.15, 0.2) is 72.8 Å². The van der Waals surface area contributed by atoms with Crippen LogP contribution >= 0.6 is 11.8 Å². The minimum Gasteiger partial charge on any atom is -0.495 e. The number of amides is 4. The number of rotatable bonds is 10. The number of methoxy groups -OCH3 is 1. The van der Waals surface area contributed by atoms with Crippen LogP contribution in [0, 0.1) is 13.8 Å². The maximum Gasteiger partial charge on any atom is 0.319 e. The topological polar surface area (TPSA) is 120 Å². The van der Waals surface area contributed by atoms with Gasteiger partial charge in [-0.05, 0) is 68.5 Å². The molecule has 10 heteroatoms. The highest BCUT2D eigenvalue weighted by atomic mass is 32.2. The van der Waals surface area contributed by atoms with Crippen molar-refractivity contribution in [2.24, 2.45) is 0 Å². The van der Waals surface area contributed by atoms with E-state index < -0.39 is 34.9 Å². The fourth-order valence-corrected chi connectivity index (χ4v) is 6.34. The Labute approximate surface area is 257 Å². The van der Waals surface area contributed by atoms with Crippen molar-refractivity contribution in [1.29, 1.82) is 0 Å². The number of nitrogens with zero attached hydrogens (tertiary/aromatic N) is 1. The molecule has 0 aromatic heterocycles. The summed E-state index contributed by atoms with van der Waals surface area (Å²) in [5, 5.41) is 20.0. The lowest BCUT2D eigenvalue weighted by molar-refractivity contribution is -0.147. The molecule has 4 rings (SSSR count). The number of carbonyl (C=O) groups excluding carboxylic acids is 3. The normalized spacial score (nSPS) is 17.1. The molecule has 3 aromatic carbocycles. The highest BCUT2D eigenvalue weighted by Crippen LogP contribution is 2.40. The van der Waals surface area contributed by atoms with E-state index in [0.717, 1.165) is 22.3 Å². The average Bonchev–Trinajstić information content (AvgIpc) is 3.30. The van der Waals surface area contributed by atoms with Crippen molar-refractivity contribution in [3.05, 3.63) is 95.1 Å². The molecule has 0 spiro atoms. The van der Waals surface area contributed by atoms with E-state index in [4.69, 9.17) is 4.74 Å². The lowest BCUT2D eigenvalue weighted by Gasteiger charge is -2.33. The Morgan fingerprint density at radius 3 is 2.44 bits per heavy atom. The Bertz CT molecular complexity index is 1450. The van der Waals surface area contributed by atoms with Crippen molar-refractivity contribution in [3.63, 3.8) is 0 Å². The smallest absolute Gasteiger partial charge is 0.319 e. The number of ether oxygens (including phenoxy) is 1. The fraction of sp³-hybridized carbons (Fsp3) is 0.364. The number of benzene rings is 3. The molecule has 3 aromatic rings. The standard InChI is InChI=1S/C33H40N4O5S/c1-21-15-16-27(42-5)25(17-21)35-32(41)36-26(18-23-12-7-6-8-13-23)28(38)31(40)37-20-43-33(3,4)29(37)30(39)34-19-24-14-10-9-11-22(24)2/h6-17,26,28-29,38H,18-20H2,1-5H3,(H,34,39)(H2,35,36,41)/t26-,28-,29+/m0/s1. The van der Waals surface area contributed by atoms with E-state index in [1.165, 1.54) is 23.8 Å². The van der Waals surface area contributed by atoms with E-state index in [1.807, 2.05) is 88.4 Å². The Morgan fingerprint density at radius 2 is 1.74 bits per heavy atom. The Morgan fingerprint density at radius 1 is 1.05 bits per heavy atom. The third-order valence-corrected chi connectivity index (χ3v) is 9.02. The van der Waals surface area contributed by atoms with Crippen LogP contribution in [0.4, 0.5) is 10.5 Å². The molecule has 3 atom stereocenters. The second kappa shape index (κ2) is 14.0. The monoisotopic (exact) mass is 604 g/mol. The van der Waals surface area contributed by atoms with Crippen molar-refractivity contribution in [2.75, 3.05) is 18.3 Å². The van der Waals surface area contributed by atoms with Crippen LogP contribution in [0.25, 0.3) is 0 Å². The van der Waals surface area contributed by atoms with Crippen LogP contribution in [-0.4, -0.2) is 63.8 Å². The summed E-state index contributed by atoms with van der Waals surface area (Å²) in [4.78, 5) is 42.0. The van der Waals surface area contributed by atoms with Gasteiger partial charge in [0.2, 0.25) is 5.91 Å². The quantitative estimate of drug-likeness (QED) is 0.272. The van der Waals surface area contributed by atoms with Crippen molar-refractivity contribution < 1.29 is 24.2 Å². The number of urea groups is 1. The summed E-state index contributed by atoms with van der Waals surface area (Å²) in [5.41, 5.74) is 4.26. The molecule has 0 radical (unpaired) electrons. The van der Waals surface area contributed by atoms with Gasteiger partial charge in [0.05, 0.1) is 24.7 Å². The summed E-state index contributed by atoms with van der Waals surface area (Å²) < 4.78 is 4.78. The van der Waals surface area contributed by atoms with Crippen LogP contribution in [-0.2, 0) is 22.6 Å². The number of nitrogens with one attached hydrogen (secondary N) is 3. The molecule has 4 N–H and O–H groups in total. The minimum absolute atomic E-state index is 0.195. The third kappa shape index (κ3) is 7.88. The molecule has 1 heterocycles. The molecular formula is C33H40N4O5S. The first-order chi connectivity index (χ1) is 20.5. The summed E-state index contributed by atoms with van der Waals surface area (Å²) in [6.45, 7) is 8.03. The van der Waals surface area contributed by atoms with E-state index in [0.29, 0.717) is 18.0 Å². The van der Waals surface area contributed by atoms with Gasteiger partial charge < -0.3 is 30.7 Å². The SMILES string of the molecule is COc1ccc(C)cc1NC(=O)N[C@@H](Cc1ccccc1)[C@H](O)C(=O)N1CSC(C)(C)[C@H]1C(=O)NCc1ccccc1C. The lowest BCUT2D eigenvalue weighted by Crippen LogP contribution is -2.59. The van der Waals surface area contributed by atoms with Gasteiger partial charge in [0.25, 0.3) is 5.91 Å².